The van der Waals surface area contributed by atoms with Gasteiger partial charge in [-0.3, -0.25) is 0 Å². The number of guanidine groups is 1. The van der Waals surface area contributed by atoms with Crippen LogP contribution in [0.3, 0.4) is 0 Å². The third-order valence-electron chi connectivity index (χ3n) is 1.84. The van der Waals surface area contributed by atoms with Crippen LogP contribution in [0.4, 0.5) is 11.4 Å². The lowest BCUT2D eigenvalue weighted by Gasteiger charge is -2.09. The Morgan fingerprint density at radius 3 is 2.47 bits per heavy atom. The fraction of sp³-hybridized carbons (Fsp3) is 0.111. The minimum absolute atomic E-state index is 0.612. The van der Waals surface area contributed by atoms with E-state index in [1.54, 1.807) is 6.21 Å². The zero-order chi connectivity index (χ0) is 10.8. The van der Waals surface area contributed by atoms with Gasteiger partial charge in [0, 0.05) is 20.8 Å². The summed E-state index contributed by atoms with van der Waals surface area (Å²) in [6.07, 6.45) is 1.75. The molecule has 15 heavy (non-hydrogen) atoms. The Hall–Kier alpha value is -0.880. The standard InChI is InChI=1S/C9H8Br2N4/c10-6-3-5(12)4-7(11)8(6)15-9-13-1-2-14-9/h1,3-4H,2,12H2,(H,14,15). The highest BCUT2D eigenvalue weighted by Gasteiger charge is 2.09. The van der Waals surface area contributed by atoms with E-state index in [-0.39, 0.29) is 0 Å². The van der Waals surface area contributed by atoms with Crippen molar-refractivity contribution < 1.29 is 0 Å². The molecule has 0 saturated heterocycles. The van der Waals surface area contributed by atoms with Crippen molar-refractivity contribution in [1.29, 1.82) is 0 Å². The first-order chi connectivity index (χ1) is 7.16. The van der Waals surface area contributed by atoms with Crippen LogP contribution in [-0.2, 0) is 0 Å². The number of hydrogen-bond donors (Lipinski definition) is 2. The lowest BCUT2D eigenvalue weighted by atomic mass is 10.3. The predicted molar refractivity (Wildman–Crippen MR) is 70.7 cm³/mol. The molecule has 1 heterocycles. The van der Waals surface area contributed by atoms with Crippen molar-refractivity contribution in [3.63, 3.8) is 0 Å². The fourth-order valence-electron chi connectivity index (χ4n) is 1.19. The maximum absolute atomic E-state index is 5.69. The molecule has 0 atom stereocenters. The molecule has 4 nitrogen and oxygen atoms in total. The maximum Gasteiger partial charge on any atom is 0.222 e. The number of nitrogens with two attached hydrogens (primary N) is 1. The van der Waals surface area contributed by atoms with Crippen molar-refractivity contribution in [2.24, 2.45) is 9.98 Å². The van der Waals surface area contributed by atoms with Gasteiger partial charge in [0.25, 0.3) is 0 Å². The SMILES string of the molecule is Nc1cc(Br)c(NC2=NCC=N2)c(Br)c1. The predicted octanol–water partition coefficient (Wildman–Crippen LogP) is 2.65. The van der Waals surface area contributed by atoms with Crippen LogP contribution in [-0.4, -0.2) is 18.7 Å². The molecule has 0 aromatic heterocycles. The van der Waals surface area contributed by atoms with Crippen molar-refractivity contribution >= 4 is 55.4 Å². The second-order valence-electron chi connectivity index (χ2n) is 2.96. The van der Waals surface area contributed by atoms with E-state index in [2.05, 4.69) is 47.2 Å². The van der Waals surface area contributed by atoms with Crippen LogP contribution in [0.25, 0.3) is 0 Å². The van der Waals surface area contributed by atoms with E-state index in [0.717, 1.165) is 14.6 Å². The van der Waals surface area contributed by atoms with Crippen molar-refractivity contribution in [3.05, 3.63) is 21.1 Å². The number of rotatable bonds is 1. The van der Waals surface area contributed by atoms with E-state index < -0.39 is 0 Å². The summed E-state index contributed by atoms with van der Waals surface area (Å²) in [5, 5.41) is 3.11. The molecular formula is C9H8Br2N4. The molecule has 0 bridgehead atoms. The Morgan fingerprint density at radius 2 is 1.93 bits per heavy atom. The Kier molecular flexibility index (Phi) is 3.06. The van der Waals surface area contributed by atoms with Crippen molar-refractivity contribution in [1.82, 2.24) is 0 Å². The molecule has 0 aliphatic carbocycles. The largest absolute Gasteiger partial charge is 0.399 e. The van der Waals surface area contributed by atoms with Crippen LogP contribution >= 0.6 is 31.9 Å². The van der Waals surface area contributed by atoms with Gasteiger partial charge in [0.1, 0.15) is 0 Å². The second-order valence-corrected chi connectivity index (χ2v) is 4.67. The minimum Gasteiger partial charge on any atom is -0.399 e. The highest BCUT2D eigenvalue weighted by atomic mass is 79.9. The Morgan fingerprint density at radius 1 is 1.27 bits per heavy atom. The molecule has 6 heteroatoms. The molecule has 78 valence electrons. The molecule has 3 N–H and O–H groups in total. The monoisotopic (exact) mass is 330 g/mol. The lowest BCUT2D eigenvalue weighted by molar-refractivity contribution is 1.35. The third-order valence-corrected chi connectivity index (χ3v) is 3.09. The van der Waals surface area contributed by atoms with E-state index in [1.165, 1.54) is 0 Å². The topological polar surface area (TPSA) is 62.8 Å². The number of benzene rings is 1. The van der Waals surface area contributed by atoms with Gasteiger partial charge >= 0.3 is 0 Å². The molecule has 0 fully saturated rings. The molecule has 0 unspecified atom stereocenters. The molecule has 1 aromatic carbocycles. The van der Waals surface area contributed by atoms with Crippen LogP contribution < -0.4 is 11.1 Å². The summed E-state index contributed by atoms with van der Waals surface area (Å²) >= 11 is 6.85. The van der Waals surface area contributed by atoms with Crippen molar-refractivity contribution in [2.75, 3.05) is 17.6 Å². The summed E-state index contributed by atoms with van der Waals surface area (Å²) in [5.74, 6) is 0.612. The maximum atomic E-state index is 5.69. The molecule has 1 aromatic rings. The fourth-order valence-corrected chi connectivity index (χ4v) is 2.61. The van der Waals surface area contributed by atoms with E-state index in [9.17, 15) is 0 Å². The number of nitrogen functional groups attached to an aromatic ring is 1. The first-order valence-electron chi connectivity index (χ1n) is 4.25. The van der Waals surface area contributed by atoms with Gasteiger partial charge in [0.2, 0.25) is 5.96 Å². The summed E-state index contributed by atoms with van der Waals surface area (Å²) in [6, 6.07) is 3.65. The average molecular weight is 332 g/mol. The van der Waals surface area contributed by atoms with E-state index >= 15 is 0 Å². The first-order valence-corrected chi connectivity index (χ1v) is 5.84. The van der Waals surface area contributed by atoms with Gasteiger partial charge in [0.05, 0.1) is 12.2 Å². The van der Waals surface area contributed by atoms with Gasteiger partial charge in [-0.2, -0.15) is 0 Å². The van der Waals surface area contributed by atoms with Gasteiger partial charge in [-0.05, 0) is 44.0 Å². The van der Waals surface area contributed by atoms with Crippen molar-refractivity contribution in [2.45, 2.75) is 0 Å². The minimum atomic E-state index is 0.612. The molecule has 2 rings (SSSR count). The molecule has 1 aliphatic heterocycles. The Bertz CT molecular complexity index is 430. The van der Waals surface area contributed by atoms with Gasteiger partial charge < -0.3 is 11.1 Å². The molecular weight excluding hydrogens is 324 g/mol. The highest BCUT2D eigenvalue weighted by Crippen LogP contribution is 2.33. The Labute approximate surface area is 104 Å². The van der Waals surface area contributed by atoms with E-state index in [0.29, 0.717) is 18.2 Å². The number of nitrogens with zero attached hydrogens (tertiary/aromatic N) is 2. The molecule has 0 amide bonds. The number of hydrogen-bond acceptors (Lipinski definition) is 4. The summed E-state index contributed by atoms with van der Waals surface area (Å²) in [7, 11) is 0. The number of aliphatic imine (C=N–C) groups is 2. The zero-order valence-corrected chi connectivity index (χ0v) is 10.8. The van der Waals surface area contributed by atoms with Crippen LogP contribution in [0, 0.1) is 0 Å². The van der Waals surface area contributed by atoms with Crippen molar-refractivity contribution in [3.8, 4) is 0 Å². The van der Waals surface area contributed by atoms with Crippen LogP contribution in [0.5, 0.6) is 0 Å². The average Bonchev–Trinajstić information content (AvgIpc) is 2.63. The van der Waals surface area contributed by atoms with E-state index in [1.807, 2.05) is 12.1 Å². The quantitative estimate of drug-likeness (QED) is 0.777. The van der Waals surface area contributed by atoms with Crippen LogP contribution in [0.2, 0.25) is 0 Å². The highest BCUT2D eigenvalue weighted by molar-refractivity contribution is 9.11. The number of nitrogens with one attached hydrogen (secondary N) is 1. The summed E-state index contributed by atoms with van der Waals surface area (Å²) in [4.78, 5) is 8.22. The summed E-state index contributed by atoms with van der Waals surface area (Å²) in [5.41, 5.74) is 7.26. The summed E-state index contributed by atoms with van der Waals surface area (Å²) in [6.45, 7) is 0.631. The lowest BCUT2D eigenvalue weighted by Crippen LogP contribution is -2.08. The normalized spacial score (nSPS) is 14.1. The second kappa shape index (κ2) is 4.32. The van der Waals surface area contributed by atoms with Gasteiger partial charge in [-0.25, -0.2) is 9.98 Å². The van der Waals surface area contributed by atoms with Gasteiger partial charge in [0.15, 0.2) is 0 Å². The Balaban J connectivity index is 2.31. The van der Waals surface area contributed by atoms with Crippen LogP contribution in [0.15, 0.2) is 31.1 Å². The smallest absolute Gasteiger partial charge is 0.222 e. The molecule has 0 radical (unpaired) electrons. The number of halogens is 2. The van der Waals surface area contributed by atoms with Crippen LogP contribution in [0.1, 0.15) is 0 Å². The molecule has 0 saturated carbocycles. The number of anilines is 2. The first kappa shape index (κ1) is 10.6. The summed E-state index contributed by atoms with van der Waals surface area (Å²) < 4.78 is 1.75. The van der Waals surface area contributed by atoms with Gasteiger partial charge in [-0.15, -0.1) is 0 Å². The van der Waals surface area contributed by atoms with Gasteiger partial charge in [-0.1, -0.05) is 0 Å². The zero-order valence-electron chi connectivity index (χ0n) is 7.67. The molecule has 0 spiro atoms. The molecule has 1 aliphatic rings. The van der Waals surface area contributed by atoms with E-state index in [4.69, 9.17) is 5.73 Å². The third kappa shape index (κ3) is 2.38.